The van der Waals surface area contributed by atoms with E-state index < -0.39 is 6.23 Å². The fourth-order valence-electron chi connectivity index (χ4n) is 4.82. The van der Waals surface area contributed by atoms with E-state index in [0.717, 1.165) is 27.7 Å². The number of nitrogens with zero attached hydrogens (tertiary/aromatic N) is 3. The van der Waals surface area contributed by atoms with E-state index in [9.17, 15) is 9.90 Å². The van der Waals surface area contributed by atoms with Gasteiger partial charge in [-0.2, -0.15) is 0 Å². The summed E-state index contributed by atoms with van der Waals surface area (Å²) in [6.07, 6.45) is 4.18. The lowest BCUT2D eigenvalue weighted by Crippen LogP contribution is -2.42. The van der Waals surface area contributed by atoms with E-state index in [1.807, 2.05) is 48.5 Å². The van der Waals surface area contributed by atoms with E-state index in [2.05, 4.69) is 38.0 Å². The Morgan fingerprint density at radius 2 is 1.83 bits per heavy atom. The second-order valence-corrected chi connectivity index (χ2v) is 9.54. The SMILES string of the molecule is O=C(NCc1cccnc1)C1CCN(C(O)c2cc3ccccc3n2Cc2ccc(Cl)cc2)CC1. The van der Waals surface area contributed by atoms with Gasteiger partial charge in [-0.1, -0.05) is 48.0 Å². The molecule has 1 fully saturated rings. The van der Waals surface area contributed by atoms with Crippen molar-refractivity contribution in [1.29, 1.82) is 0 Å². The zero-order valence-electron chi connectivity index (χ0n) is 19.5. The molecule has 2 aromatic heterocycles. The number of rotatable bonds is 7. The number of aliphatic hydroxyl groups is 1. The van der Waals surface area contributed by atoms with Gasteiger partial charge in [-0.25, -0.2) is 0 Å². The summed E-state index contributed by atoms with van der Waals surface area (Å²) in [4.78, 5) is 18.9. The molecule has 5 rings (SSSR count). The highest BCUT2D eigenvalue weighted by Crippen LogP contribution is 2.30. The van der Waals surface area contributed by atoms with Crippen molar-refractivity contribution in [3.8, 4) is 0 Å². The van der Waals surface area contributed by atoms with Gasteiger partial charge in [0.05, 0.1) is 5.69 Å². The van der Waals surface area contributed by atoms with Gasteiger partial charge in [-0.15, -0.1) is 0 Å². The van der Waals surface area contributed by atoms with Gasteiger partial charge in [0.15, 0.2) is 0 Å². The Morgan fingerprint density at radius 3 is 2.57 bits per heavy atom. The zero-order chi connectivity index (χ0) is 24.2. The number of benzene rings is 2. The minimum atomic E-state index is -0.742. The minimum absolute atomic E-state index is 0.0463. The van der Waals surface area contributed by atoms with E-state index in [1.54, 1.807) is 12.4 Å². The van der Waals surface area contributed by atoms with Crippen molar-refractivity contribution in [3.05, 3.63) is 101 Å². The Morgan fingerprint density at radius 1 is 1.06 bits per heavy atom. The fourth-order valence-corrected chi connectivity index (χ4v) is 4.95. The van der Waals surface area contributed by atoms with Crippen LogP contribution in [0.25, 0.3) is 10.9 Å². The summed E-state index contributed by atoms with van der Waals surface area (Å²) in [7, 11) is 0. The third kappa shape index (κ3) is 5.40. The average Bonchev–Trinajstić information content (AvgIpc) is 3.27. The molecule has 1 unspecified atom stereocenters. The number of hydrogen-bond donors (Lipinski definition) is 2. The lowest BCUT2D eigenvalue weighted by Gasteiger charge is -2.35. The number of aliphatic hydroxyl groups excluding tert-OH is 1. The number of para-hydroxylation sites is 1. The Labute approximate surface area is 210 Å². The number of pyridine rings is 1. The molecule has 7 heteroatoms. The van der Waals surface area contributed by atoms with Gasteiger partial charge < -0.3 is 15.0 Å². The second-order valence-electron chi connectivity index (χ2n) is 9.10. The van der Waals surface area contributed by atoms with E-state index >= 15 is 0 Å². The van der Waals surface area contributed by atoms with Crippen LogP contribution in [0.15, 0.2) is 79.1 Å². The number of halogens is 1. The first-order valence-electron chi connectivity index (χ1n) is 12.0. The maximum atomic E-state index is 12.7. The first-order valence-corrected chi connectivity index (χ1v) is 12.4. The minimum Gasteiger partial charge on any atom is -0.373 e. The number of amides is 1. The molecule has 180 valence electrons. The first kappa shape index (κ1) is 23.5. The van der Waals surface area contributed by atoms with Gasteiger partial charge in [0.1, 0.15) is 6.23 Å². The molecule has 0 saturated carbocycles. The van der Waals surface area contributed by atoms with Crippen LogP contribution in [0.1, 0.15) is 35.9 Å². The van der Waals surface area contributed by atoms with Crippen molar-refractivity contribution >= 4 is 28.4 Å². The van der Waals surface area contributed by atoms with Gasteiger partial charge in [-0.05, 0) is 54.3 Å². The maximum Gasteiger partial charge on any atom is 0.223 e. The summed E-state index contributed by atoms with van der Waals surface area (Å²) in [5.74, 6) is 0.0230. The third-order valence-corrected chi connectivity index (χ3v) is 7.05. The van der Waals surface area contributed by atoms with E-state index in [4.69, 9.17) is 11.6 Å². The quantitative estimate of drug-likeness (QED) is 0.393. The Kier molecular flexibility index (Phi) is 7.13. The van der Waals surface area contributed by atoms with Crippen molar-refractivity contribution < 1.29 is 9.90 Å². The van der Waals surface area contributed by atoms with Crippen LogP contribution in [0, 0.1) is 5.92 Å². The van der Waals surface area contributed by atoms with Crippen molar-refractivity contribution in [2.45, 2.75) is 32.2 Å². The average molecular weight is 489 g/mol. The molecule has 0 aliphatic carbocycles. The normalized spacial score (nSPS) is 15.8. The molecular formula is C28H29ClN4O2. The number of carbonyl (C=O) groups excluding carboxylic acids is 1. The summed E-state index contributed by atoms with van der Waals surface area (Å²) >= 11 is 6.07. The standard InChI is InChI=1S/C28H29ClN4O2/c29-24-9-7-20(8-10-24)19-33-25-6-2-1-5-23(25)16-26(33)28(35)32-14-11-22(12-15-32)27(34)31-18-21-4-3-13-30-17-21/h1-10,13,16-17,22,28,35H,11-12,14-15,18-19H2,(H,31,34). The number of nitrogens with one attached hydrogen (secondary N) is 1. The largest absolute Gasteiger partial charge is 0.373 e. The highest BCUT2D eigenvalue weighted by atomic mass is 35.5. The van der Waals surface area contributed by atoms with Gasteiger partial charge in [0.2, 0.25) is 5.91 Å². The molecule has 1 amide bonds. The Balaban J connectivity index is 1.27. The summed E-state index contributed by atoms with van der Waals surface area (Å²) in [5, 5.41) is 16.2. The van der Waals surface area contributed by atoms with Crippen LogP contribution in [0.2, 0.25) is 5.02 Å². The molecule has 6 nitrogen and oxygen atoms in total. The number of aromatic nitrogens is 2. The first-order chi connectivity index (χ1) is 17.1. The van der Waals surface area contributed by atoms with Gasteiger partial charge in [0, 0.05) is 60.4 Å². The molecule has 4 aromatic rings. The molecule has 2 aromatic carbocycles. The lowest BCUT2D eigenvalue weighted by atomic mass is 9.95. The predicted molar refractivity (Wildman–Crippen MR) is 138 cm³/mol. The van der Waals surface area contributed by atoms with Crippen molar-refractivity contribution in [2.24, 2.45) is 5.92 Å². The monoisotopic (exact) mass is 488 g/mol. The summed E-state index contributed by atoms with van der Waals surface area (Å²) in [6.45, 7) is 2.45. The zero-order valence-corrected chi connectivity index (χ0v) is 20.2. The molecule has 1 atom stereocenters. The van der Waals surface area contributed by atoms with E-state index in [0.29, 0.717) is 44.0 Å². The smallest absolute Gasteiger partial charge is 0.223 e. The lowest BCUT2D eigenvalue weighted by molar-refractivity contribution is -0.128. The van der Waals surface area contributed by atoms with E-state index in [1.165, 1.54) is 0 Å². The van der Waals surface area contributed by atoms with Gasteiger partial charge in [0.25, 0.3) is 0 Å². The van der Waals surface area contributed by atoms with Crippen molar-refractivity contribution in [2.75, 3.05) is 13.1 Å². The van der Waals surface area contributed by atoms with E-state index in [-0.39, 0.29) is 11.8 Å². The second kappa shape index (κ2) is 10.6. The molecule has 35 heavy (non-hydrogen) atoms. The Bertz CT molecular complexity index is 1280. The van der Waals surface area contributed by atoms with Crippen molar-refractivity contribution in [1.82, 2.24) is 19.8 Å². The number of carbonyl (C=O) groups is 1. The molecule has 1 saturated heterocycles. The number of piperidine rings is 1. The van der Waals surface area contributed by atoms with Crippen LogP contribution in [0.5, 0.6) is 0 Å². The van der Waals surface area contributed by atoms with Gasteiger partial charge in [-0.3, -0.25) is 14.7 Å². The summed E-state index contributed by atoms with van der Waals surface area (Å²) in [5.41, 5.74) is 4.05. The summed E-state index contributed by atoms with van der Waals surface area (Å²) < 4.78 is 2.18. The van der Waals surface area contributed by atoms with Gasteiger partial charge >= 0.3 is 0 Å². The molecule has 0 radical (unpaired) electrons. The van der Waals surface area contributed by atoms with Crippen LogP contribution in [0.4, 0.5) is 0 Å². The van der Waals surface area contributed by atoms with Crippen LogP contribution < -0.4 is 5.32 Å². The topological polar surface area (TPSA) is 70.4 Å². The van der Waals surface area contributed by atoms with Crippen LogP contribution in [-0.4, -0.2) is 38.6 Å². The maximum absolute atomic E-state index is 12.7. The molecule has 1 aliphatic rings. The molecule has 3 heterocycles. The molecule has 1 aliphatic heterocycles. The predicted octanol–water partition coefficient (Wildman–Crippen LogP) is 4.76. The molecule has 0 bridgehead atoms. The number of likely N-dealkylation sites (tertiary alicyclic amines) is 1. The third-order valence-electron chi connectivity index (χ3n) is 6.80. The highest BCUT2D eigenvalue weighted by Gasteiger charge is 2.30. The van der Waals surface area contributed by atoms with Crippen LogP contribution in [0.3, 0.4) is 0 Å². The van der Waals surface area contributed by atoms with Crippen molar-refractivity contribution in [3.63, 3.8) is 0 Å². The summed E-state index contributed by atoms with van der Waals surface area (Å²) in [6, 6.07) is 21.9. The highest BCUT2D eigenvalue weighted by molar-refractivity contribution is 6.30. The Hall–Kier alpha value is -3.19. The molecular weight excluding hydrogens is 460 g/mol. The van der Waals surface area contributed by atoms with Crippen LogP contribution in [-0.2, 0) is 17.9 Å². The number of hydrogen-bond acceptors (Lipinski definition) is 4. The number of fused-ring (bicyclic) bond motifs is 1. The fraction of sp³-hybridized carbons (Fsp3) is 0.286. The van der Waals surface area contributed by atoms with Crippen LogP contribution >= 0.6 is 11.6 Å². The molecule has 2 N–H and O–H groups in total. The molecule has 0 spiro atoms.